The smallest absolute Gasteiger partial charge is 0.220 e. The van der Waals surface area contributed by atoms with Crippen LogP contribution in [-0.4, -0.2) is 39.8 Å². The van der Waals surface area contributed by atoms with E-state index in [1.165, 1.54) is 12.8 Å². The quantitative estimate of drug-likeness (QED) is 0.751. The molecule has 24 heavy (non-hydrogen) atoms. The summed E-state index contributed by atoms with van der Waals surface area (Å²) in [6.07, 6.45) is 4.73. The van der Waals surface area contributed by atoms with Gasteiger partial charge in [0.05, 0.1) is 14.2 Å². The van der Waals surface area contributed by atoms with Gasteiger partial charge in [-0.2, -0.15) is 0 Å². The summed E-state index contributed by atoms with van der Waals surface area (Å²) >= 11 is 0. The lowest BCUT2D eigenvalue weighted by molar-refractivity contribution is -0.121. The van der Waals surface area contributed by atoms with Gasteiger partial charge in [0, 0.05) is 13.0 Å². The highest BCUT2D eigenvalue weighted by molar-refractivity contribution is 5.85. The Hall–Kier alpha value is -1.46. The highest BCUT2D eigenvalue weighted by Gasteiger charge is 2.14. The second-order valence-corrected chi connectivity index (χ2v) is 6.01. The molecule has 136 valence electrons. The van der Waals surface area contributed by atoms with Gasteiger partial charge in [0.2, 0.25) is 5.91 Å². The second kappa shape index (κ2) is 11.2. The van der Waals surface area contributed by atoms with Crippen molar-refractivity contribution in [1.29, 1.82) is 0 Å². The Morgan fingerprint density at radius 1 is 1.25 bits per heavy atom. The van der Waals surface area contributed by atoms with Crippen molar-refractivity contribution in [2.45, 2.75) is 32.1 Å². The van der Waals surface area contributed by atoms with E-state index in [9.17, 15) is 4.79 Å². The van der Waals surface area contributed by atoms with E-state index in [-0.39, 0.29) is 18.3 Å². The predicted octanol–water partition coefficient (Wildman–Crippen LogP) is 2.56. The molecule has 5 nitrogen and oxygen atoms in total. The highest BCUT2D eigenvalue weighted by Crippen LogP contribution is 2.24. The zero-order valence-corrected chi connectivity index (χ0v) is 15.4. The van der Waals surface area contributed by atoms with Crippen LogP contribution in [0.2, 0.25) is 0 Å². The van der Waals surface area contributed by atoms with Crippen molar-refractivity contribution in [2.75, 3.05) is 33.9 Å². The lowest BCUT2D eigenvalue weighted by atomic mass is 9.93. The molecule has 0 aliphatic carbocycles. The minimum atomic E-state index is 0. The van der Waals surface area contributed by atoms with E-state index in [0.29, 0.717) is 18.9 Å². The van der Waals surface area contributed by atoms with Gasteiger partial charge in [0.1, 0.15) is 11.5 Å². The molecule has 6 heteroatoms. The van der Waals surface area contributed by atoms with Gasteiger partial charge in [-0.05, 0) is 68.5 Å². The van der Waals surface area contributed by atoms with Crippen LogP contribution in [0.25, 0.3) is 0 Å². The number of nitrogens with one attached hydrogen (secondary N) is 2. The Morgan fingerprint density at radius 3 is 2.67 bits per heavy atom. The van der Waals surface area contributed by atoms with E-state index in [2.05, 4.69) is 10.6 Å². The Morgan fingerprint density at radius 2 is 2.00 bits per heavy atom. The predicted molar refractivity (Wildman–Crippen MR) is 98.3 cm³/mol. The summed E-state index contributed by atoms with van der Waals surface area (Å²) in [6, 6.07) is 5.73. The van der Waals surface area contributed by atoms with Crippen molar-refractivity contribution in [3.05, 3.63) is 23.8 Å². The Labute approximate surface area is 150 Å². The van der Waals surface area contributed by atoms with Crippen LogP contribution in [0, 0.1) is 5.92 Å². The summed E-state index contributed by atoms with van der Waals surface area (Å²) in [4.78, 5) is 12.0. The molecule has 1 saturated heterocycles. The van der Waals surface area contributed by atoms with Gasteiger partial charge in [-0.25, -0.2) is 0 Å². The van der Waals surface area contributed by atoms with Gasteiger partial charge in [0.25, 0.3) is 0 Å². The summed E-state index contributed by atoms with van der Waals surface area (Å²) in [7, 11) is 3.30. The molecule has 1 fully saturated rings. The number of methoxy groups -OCH3 is 2. The molecule has 1 amide bonds. The molecule has 1 aliphatic heterocycles. The van der Waals surface area contributed by atoms with Crippen LogP contribution in [0.5, 0.6) is 11.5 Å². The van der Waals surface area contributed by atoms with Gasteiger partial charge < -0.3 is 20.1 Å². The molecular weight excluding hydrogens is 328 g/mol. The summed E-state index contributed by atoms with van der Waals surface area (Å²) in [5, 5.41) is 6.36. The summed E-state index contributed by atoms with van der Waals surface area (Å²) in [6.45, 7) is 2.79. The lowest BCUT2D eigenvalue weighted by Crippen LogP contribution is -2.30. The van der Waals surface area contributed by atoms with Crippen molar-refractivity contribution in [2.24, 2.45) is 5.92 Å². The molecule has 1 heterocycles. The van der Waals surface area contributed by atoms with E-state index in [0.717, 1.165) is 43.0 Å². The van der Waals surface area contributed by atoms with Crippen LogP contribution in [-0.2, 0) is 11.2 Å². The topological polar surface area (TPSA) is 59.6 Å². The number of amides is 1. The van der Waals surface area contributed by atoms with E-state index >= 15 is 0 Å². The average molecular weight is 357 g/mol. The first-order valence-corrected chi connectivity index (χ1v) is 8.41. The number of halogens is 1. The normalized spacial score (nSPS) is 14.6. The number of hydrogen-bond acceptors (Lipinski definition) is 4. The largest absolute Gasteiger partial charge is 0.497 e. The van der Waals surface area contributed by atoms with Crippen LogP contribution in [0.1, 0.15) is 31.2 Å². The fourth-order valence-corrected chi connectivity index (χ4v) is 3.01. The number of carbonyl (C=O) groups is 1. The average Bonchev–Trinajstić information content (AvgIpc) is 2.60. The van der Waals surface area contributed by atoms with Crippen molar-refractivity contribution < 1.29 is 14.3 Å². The van der Waals surface area contributed by atoms with E-state index in [1.807, 2.05) is 18.2 Å². The van der Waals surface area contributed by atoms with Gasteiger partial charge in [-0.15, -0.1) is 12.4 Å². The van der Waals surface area contributed by atoms with Crippen LogP contribution in [0.4, 0.5) is 0 Å². The first kappa shape index (κ1) is 20.6. The SMILES string of the molecule is COc1ccc(OC)c(CCNC(=O)CCC2CCNCC2)c1.Cl. The number of rotatable bonds is 8. The third kappa shape index (κ3) is 6.57. The van der Waals surface area contributed by atoms with Crippen LogP contribution in [0.3, 0.4) is 0 Å². The number of piperidine rings is 1. The molecule has 1 aromatic carbocycles. The van der Waals surface area contributed by atoms with Crippen LogP contribution < -0.4 is 20.1 Å². The maximum atomic E-state index is 12.0. The minimum absolute atomic E-state index is 0. The third-order valence-electron chi connectivity index (χ3n) is 4.44. The molecule has 2 rings (SSSR count). The molecule has 1 aliphatic rings. The van der Waals surface area contributed by atoms with Gasteiger partial charge in [-0.1, -0.05) is 0 Å². The molecule has 0 unspecified atom stereocenters. The number of hydrogen-bond donors (Lipinski definition) is 2. The summed E-state index contributed by atoms with van der Waals surface area (Å²) in [5.41, 5.74) is 1.05. The van der Waals surface area contributed by atoms with E-state index < -0.39 is 0 Å². The standard InChI is InChI=1S/C18H28N2O3.ClH/c1-22-16-4-5-17(23-2)15(13-16)9-12-20-18(21)6-3-14-7-10-19-11-8-14;/h4-5,13-14,19H,3,6-12H2,1-2H3,(H,20,21);1H. The second-order valence-electron chi connectivity index (χ2n) is 6.01. The summed E-state index contributed by atoms with van der Waals surface area (Å²) < 4.78 is 10.6. The Bertz CT molecular complexity index is 505. The molecule has 1 aromatic rings. The van der Waals surface area contributed by atoms with Crippen LogP contribution in [0.15, 0.2) is 18.2 Å². The number of ether oxygens (including phenoxy) is 2. The van der Waals surface area contributed by atoms with E-state index in [1.54, 1.807) is 14.2 Å². The molecule has 2 N–H and O–H groups in total. The molecule has 0 radical (unpaired) electrons. The van der Waals surface area contributed by atoms with Gasteiger partial charge in [0.15, 0.2) is 0 Å². The lowest BCUT2D eigenvalue weighted by Gasteiger charge is -2.22. The zero-order chi connectivity index (χ0) is 16.5. The summed E-state index contributed by atoms with van der Waals surface area (Å²) in [5.74, 6) is 2.47. The number of carbonyl (C=O) groups excluding carboxylic acids is 1. The van der Waals surface area contributed by atoms with Gasteiger partial charge >= 0.3 is 0 Å². The monoisotopic (exact) mass is 356 g/mol. The Kier molecular flexibility index (Phi) is 9.57. The van der Waals surface area contributed by atoms with Crippen molar-refractivity contribution in [1.82, 2.24) is 10.6 Å². The third-order valence-corrected chi connectivity index (χ3v) is 4.44. The highest BCUT2D eigenvalue weighted by atomic mass is 35.5. The fourth-order valence-electron chi connectivity index (χ4n) is 3.01. The van der Waals surface area contributed by atoms with Crippen molar-refractivity contribution in [3.8, 4) is 11.5 Å². The van der Waals surface area contributed by atoms with Crippen molar-refractivity contribution >= 4 is 18.3 Å². The van der Waals surface area contributed by atoms with Gasteiger partial charge in [-0.3, -0.25) is 4.79 Å². The number of benzene rings is 1. The first-order chi connectivity index (χ1) is 11.2. The maximum absolute atomic E-state index is 12.0. The zero-order valence-electron chi connectivity index (χ0n) is 14.6. The molecule has 0 saturated carbocycles. The molecular formula is C18H29ClN2O3. The minimum Gasteiger partial charge on any atom is -0.497 e. The van der Waals surface area contributed by atoms with E-state index in [4.69, 9.17) is 9.47 Å². The molecule has 0 spiro atoms. The van der Waals surface area contributed by atoms with Crippen LogP contribution >= 0.6 is 12.4 Å². The molecule has 0 atom stereocenters. The van der Waals surface area contributed by atoms with Crippen molar-refractivity contribution in [3.63, 3.8) is 0 Å². The molecule has 0 aromatic heterocycles. The molecule has 0 bridgehead atoms. The first-order valence-electron chi connectivity index (χ1n) is 8.41. The maximum Gasteiger partial charge on any atom is 0.220 e. The Balaban J connectivity index is 0.00000288. The fraction of sp³-hybridized carbons (Fsp3) is 0.611.